The standard InChI is InChI=1S/C23H23N3O5S/c1-17-4-9-21(32(28,29)26-11-13-30-14-12-26)15-22(17)25-23(27)18-5-7-19(8-6-18)31-20-3-2-10-24-16-20/h2-10,15-16H,11-14H2,1H3,(H,25,27). The Labute approximate surface area is 186 Å². The van der Waals surface area contributed by atoms with Crippen LogP contribution in [0.15, 0.2) is 71.9 Å². The summed E-state index contributed by atoms with van der Waals surface area (Å²) in [4.78, 5) is 16.9. The van der Waals surface area contributed by atoms with Gasteiger partial charge in [-0.1, -0.05) is 6.07 Å². The van der Waals surface area contributed by atoms with Crippen LogP contribution < -0.4 is 10.1 Å². The van der Waals surface area contributed by atoms with Gasteiger partial charge in [0.25, 0.3) is 5.91 Å². The van der Waals surface area contributed by atoms with E-state index < -0.39 is 10.0 Å². The lowest BCUT2D eigenvalue weighted by atomic mass is 10.1. The van der Waals surface area contributed by atoms with Gasteiger partial charge in [-0.05, 0) is 61.0 Å². The Morgan fingerprint density at radius 3 is 2.50 bits per heavy atom. The second-order valence-electron chi connectivity index (χ2n) is 7.26. The third kappa shape index (κ3) is 4.96. The van der Waals surface area contributed by atoms with E-state index in [9.17, 15) is 13.2 Å². The summed E-state index contributed by atoms with van der Waals surface area (Å²) in [6.07, 6.45) is 3.25. The Morgan fingerprint density at radius 1 is 1.06 bits per heavy atom. The second kappa shape index (κ2) is 9.47. The number of ether oxygens (including phenoxy) is 2. The first-order valence-electron chi connectivity index (χ1n) is 10.1. The lowest BCUT2D eigenvalue weighted by Gasteiger charge is -2.26. The average molecular weight is 454 g/mol. The molecule has 9 heteroatoms. The van der Waals surface area contributed by atoms with Crippen molar-refractivity contribution in [1.82, 2.24) is 9.29 Å². The molecule has 32 heavy (non-hydrogen) atoms. The molecule has 0 atom stereocenters. The number of carbonyl (C=O) groups is 1. The molecule has 1 amide bonds. The van der Waals surface area contributed by atoms with Crippen molar-refractivity contribution >= 4 is 21.6 Å². The average Bonchev–Trinajstić information content (AvgIpc) is 2.82. The SMILES string of the molecule is Cc1ccc(S(=O)(=O)N2CCOCC2)cc1NC(=O)c1ccc(Oc2cccnc2)cc1. The second-order valence-corrected chi connectivity index (χ2v) is 9.20. The van der Waals surface area contributed by atoms with E-state index in [4.69, 9.17) is 9.47 Å². The molecule has 0 aliphatic carbocycles. The van der Waals surface area contributed by atoms with Crippen LogP contribution >= 0.6 is 0 Å². The molecule has 2 heterocycles. The van der Waals surface area contributed by atoms with Crippen LogP contribution in [0.5, 0.6) is 11.5 Å². The number of aromatic nitrogens is 1. The number of hydrogen-bond acceptors (Lipinski definition) is 6. The number of nitrogens with zero attached hydrogens (tertiary/aromatic N) is 2. The van der Waals surface area contributed by atoms with Gasteiger partial charge >= 0.3 is 0 Å². The summed E-state index contributed by atoms with van der Waals surface area (Å²) in [7, 11) is -3.66. The summed E-state index contributed by atoms with van der Waals surface area (Å²) < 4.78 is 38.2. The van der Waals surface area contributed by atoms with Crippen molar-refractivity contribution in [3.8, 4) is 11.5 Å². The monoisotopic (exact) mass is 453 g/mol. The molecule has 3 aromatic rings. The highest BCUT2D eigenvalue weighted by molar-refractivity contribution is 7.89. The summed E-state index contributed by atoms with van der Waals surface area (Å²) in [5, 5.41) is 2.81. The van der Waals surface area contributed by atoms with E-state index in [0.717, 1.165) is 5.56 Å². The molecular weight excluding hydrogens is 430 g/mol. The Bertz CT molecular complexity index is 1190. The molecule has 1 aliphatic heterocycles. The van der Waals surface area contributed by atoms with Gasteiger partial charge in [0.1, 0.15) is 11.5 Å². The number of amides is 1. The first-order valence-corrected chi connectivity index (χ1v) is 11.6. The van der Waals surface area contributed by atoms with Crippen molar-refractivity contribution in [3.63, 3.8) is 0 Å². The van der Waals surface area contributed by atoms with Crippen molar-refractivity contribution < 1.29 is 22.7 Å². The number of pyridine rings is 1. The number of sulfonamides is 1. The molecule has 4 rings (SSSR count). The van der Waals surface area contributed by atoms with Crippen molar-refractivity contribution in [2.75, 3.05) is 31.6 Å². The first-order chi connectivity index (χ1) is 15.4. The van der Waals surface area contributed by atoms with E-state index in [2.05, 4.69) is 10.3 Å². The maximum absolute atomic E-state index is 12.9. The topological polar surface area (TPSA) is 97.8 Å². The van der Waals surface area contributed by atoms with Gasteiger partial charge in [-0.3, -0.25) is 9.78 Å². The number of rotatable bonds is 6. The van der Waals surface area contributed by atoms with Crippen molar-refractivity contribution in [3.05, 3.63) is 78.1 Å². The molecule has 1 aromatic heterocycles. The van der Waals surface area contributed by atoms with Crippen LogP contribution in [-0.2, 0) is 14.8 Å². The van der Waals surface area contributed by atoms with E-state index in [1.165, 1.54) is 10.4 Å². The molecule has 8 nitrogen and oxygen atoms in total. The number of nitrogens with one attached hydrogen (secondary N) is 1. The van der Waals surface area contributed by atoms with Gasteiger partial charge in [0.15, 0.2) is 0 Å². The third-order valence-corrected chi connectivity index (χ3v) is 6.95. The minimum Gasteiger partial charge on any atom is -0.456 e. The van der Waals surface area contributed by atoms with E-state index in [0.29, 0.717) is 49.1 Å². The molecule has 1 saturated heterocycles. The van der Waals surface area contributed by atoms with Gasteiger partial charge in [0.05, 0.1) is 24.3 Å². The molecule has 0 saturated carbocycles. The summed E-state index contributed by atoms with van der Waals surface area (Å²) in [5.74, 6) is 0.824. The fraction of sp³-hybridized carbons (Fsp3) is 0.217. The van der Waals surface area contributed by atoms with Gasteiger partial charge in [-0.25, -0.2) is 8.42 Å². The molecule has 1 N–H and O–H groups in total. The van der Waals surface area contributed by atoms with Crippen LogP contribution in [-0.4, -0.2) is 49.9 Å². The minimum atomic E-state index is -3.66. The van der Waals surface area contributed by atoms with Gasteiger partial charge < -0.3 is 14.8 Å². The van der Waals surface area contributed by atoms with Gasteiger partial charge in [-0.15, -0.1) is 0 Å². The predicted octanol–water partition coefficient (Wildman–Crippen LogP) is 3.46. The zero-order chi connectivity index (χ0) is 22.6. The Morgan fingerprint density at radius 2 is 1.81 bits per heavy atom. The van der Waals surface area contributed by atoms with Crippen LogP contribution in [0.2, 0.25) is 0 Å². The number of aryl methyl sites for hydroxylation is 1. The molecule has 0 spiro atoms. The van der Waals surface area contributed by atoms with Gasteiger partial charge in [0, 0.05) is 30.5 Å². The quantitative estimate of drug-likeness (QED) is 0.614. The number of hydrogen-bond donors (Lipinski definition) is 1. The highest BCUT2D eigenvalue weighted by atomic mass is 32.2. The summed E-state index contributed by atoms with van der Waals surface area (Å²) in [6.45, 7) is 3.17. The molecule has 2 aromatic carbocycles. The van der Waals surface area contributed by atoms with Crippen LogP contribution in [0.3, 0.4) is 0 Å². The van der Waals surface area contributed by atoms with E-state index >= 15 is 0 Å². The van der Waals surface area contributed by atoms with Gasteiger partial charge in [0.2, 0.25) is 10.0 Å². The zero-order valence-corrected chi connectivity index (χ0v) is 18.3. The van der Waals surface area contributed by atoms with Crippen LogP contribution in [0, 0.1) is 6.92 Å². The molecule has 0 radical (unpaired) electrons. The Balaban J connectivity index is 1.48. The molecule has 166 valence electrons. The lowest BCUT2D eigenvalue weighted by Crippen LogP contribution is -2.40. The smallest absolute Gasteiger partial charge is 0.255 e. The minimum absolute atomic E-state index is 0.139. The van der Waals surface area contributed by atoms with Crippen LogP contribution in [0.25, 0.3) is 0 Å². The summed E-state index contributed by atoms with van der Waals surface area (Å²) >= 11 is 0. The number of benzene rings is 2. The van der Waals surface area contributed by atoms with Crippen molar-refractivity contribution in [2.24, 2.45) is 0 Å². The molecule has 1 fully saturated rings. The van der Waals surface area contributed by atoms with Crippen LogP contribution in [0.1, 0.15) is 15.9 Å². The van der Waals surface area contributed by atoms with Crippen LogP contribution in [0.4, 0.5) is 5.69 Å². The van der Waals surface area contributed by atoms with Crippen molar-refractivity contribution in [1.29, 1.82) is 0 Å². The molecule has 1 aliphatic rings. The maximum atomic E-state index is 12.9. The summed E-state index contributed by atoms with van der Waals surface area (Å²) in [6, 6.07) is 15.0. The third-order valence-electron chi connectivity index (χ3n) is 5.05. The van der Waals surface area contributed by atoms with Crippen molar-refractivity contribution in [2.45, 2.75) is 11.8 Å². The zero-order valence-electron chi connectivity index (χ0n) is 17.5. The van der Waals surface area contributed by atoms with Gasteiger partial charge in [-0.2, -0.15) is 4.31 Å². The molecular formula is C23H23N3O5S. The Hall–Kier alpha value is -3.27. The number of morpholine rings is 1. The highest BCUT2D eigenvalue weighted by Gasteiger charge is 2.27. The number of carbonyl (C=O) groups excluding carboxylic acids is 1. The fourth-order valence-electron chi connectivity index (χ4n) is 3.24. The Kier molecular flexibility index (Phi) is 6.50. The van der Waals surface area contributed by atoms with E-state index in [-0.39, 0.29) is 10.8 Å². The normalized spacial score (nSPS) is 14.7. The molecule has 0 unspecified atom stereocenters. The first kappa shape index (κ1) is 21.9. The number of anilines is 1. The fourth-order valence-corrected chi connectivity index (χ4v) is 4.68. The lowest BCUT2D eigenvalue weighted by molar-refractivity contribution is 0.0730. The maximum Gasteiger partial charge on any atom is 0.255 e. The van der Waals surface area contributed by atoms with E-state index in [1.807, 2.05) is 6.92 Å². The highest BCUT2D eigenvalue weighted by Crippen LogP contribution is 2.25. The van der Waals surface area contributed by atoms with E-state index in [1.54, 1.807) is 60.9 Å². The largest absolute Gasteiger partial charge is 0.456 e. The summed E-state index contributed by atoms with van der Waals surface area (Å²) in [5.41, 5.74) is 1.63. The predicted molar refractivity (Wildman–Crippen MR) is 119 cm³/mol. The molecule has 0 bridgehead atoms.